The summed E-state index contributed by atoms with van der Waals surface area (Å²) in [5, 5.41) is 2.36. The summed E-state index contributed by atoms with van der Waals surface area (Å²) in [6.07, 6.45) is 0. The summed E-state index contributed by atoms with van der Waals surface area (Å²) in [6.45, 7) is 0. The van der Waals surface area contributed by atoms with Crippen LogP contribution in [-0.4, -0.2) is 12.9 Å². The Balaban J connectivity index is 1.85. The molecular weight excluding hydrogens is 332 g/mol. The smallest absolute Gasteiger partial charge is 0.149 e. The summed E-state index contributed by atoms with van der Waals surface area (Å²) in [7, 11) is 1.70. The van der Waals surface area contributed by atoms with Gasteiger partial charge in [0, 0.05) is 11.1 Å². The highest BCUT2D eigenvalue weighted by atomic mass is 16.5. The Morgan fingerprint density at radius 3 is 2.30 bits per heavy atom. The first-order chi connectivity index (χ1) is 13.4. The molecule has 130 valence electrons. The first-order valence-corrected chi connectivity index (χ1v) is 8.96. The lowest BCUT2D eigenvalue weighted by molar-refractivity contribution is 0.414. The van der Waals surface area contributed by atoms with E-state index < -0.39 is 0 Å². The van der Waals surface area contributed by atoms with Gasteiger partial charge in [-0.25, -0.2) is 4.99 Å². The van der Waals surface area contributed by atoms with Crippen LogP contribution in [0.1, 0.15) is 5.56 Å². The van der Waals surface area contributed by atoms with Gasteiger partial charge in [0.15, 0.2) is 0 Å². The van der Waals surface area contributed by atoms with Gasteiger partial charge >= 0.3 is 0 Å². The molecule has 0 bridgehead atoms. The molecular formula is C24H18N2O. The number of benzene rings is 4. The van der Waals surface area contributed by atoms with Gasteiger partial charge in [0.05, 0.1) is 24.0 Å². The number of methoxy groups -OCH3 is 1. The van der Waals surface area contributed by atoms with E-state index in [2.05, 4.69) is 71.6 Å². The highest BCUT2D eigenvalue weighted by molar-refractivity contribution is 6.24. The van der Waals surface area contributed by atoms with Gasteiger partial charge < -0.3 is 4.74 Å². The Morgan fingerprint density at radius 1 is 0.741 bits per heavy atom. The van der Waals surface area contributed by atoms with Gasteiger partial charge in [0.2, 0.25) is 0 Å². The van der Waals surface area contributed by atoms with E-state index in [1.165, 1.54) is 10.8 Å². The number of hydrogen-bond acceptors (Lipinski definition) is 3. The topological polar surface area (TPSA) is 24.8 Å². The zero-order valence-corrected chi connectivity index (χ0v) is 15.0. The molecule has 5 rings (SSSR count). The van der Waals surface area contributed by atoms with E-state index >= 15 is 0 Å². The number of anilines is 2. The Bertz CT molecular complexity index is 1160. The molecule has 1 aliphatic heterocycles. The van der Waals surface area contributed by atoms with Crippen molar-refractivity contribution in [3.05, 3.63) is 96.6 Å². The van der Waals surface area contributed by atoms with Crippen molar-refractivity contribution >= 4 is 33.7 Å². The summed E-state index contributed by atoms with van der Waals surface area (Å²) >= 11 is 0. The fourth-order valence-corrected chi connectivity index (χ4v) is 3.71. The lowest BCUT2D eigenvalue weighted by Crippen LogP contribution is -2.29. The number of hydrogen-bond donors (Lipinski definition) is 0. The maximum atomic E-state index is 5.64. The fourth-order valence-electron chi connectivity index (χ4n) is 3.71. The molecule has 0 N–H and O–H groups in total. The van der Waals surface area contributed by atoms with Gasteiger partial charge in [-0.05, 0) is 41.8 Å². The maximum absolute atomic E-state index is 5.64. The minimum Gasteiger partial charge on any atom is -0.496 e. The first-order valence-electron chi connectivity index (χ1n) is 8.96. The molecule has 0 aliphatic carbocycles. The molecule has 3 nitrogen and oxygen atoms in total. The molecule has 3 heteroatoms. The highest BCUT2D eigenvalue weighted by Gasteiger charge is 2.26. The molecule has 0 aromatic heterocycles. The standard InChI is InChI=1S/C24H18N2O/c1-27-22-16-6-5-13-19(22)24-25-20-14-7-9-17-10-8-15-21(23(17)20)26(24)18-11-3-2-4-12-18/h2-16H,1H3. The van der Waals surface area contributed by atoms with Crippen LogP contribution in [0.15, 0.2) is 96.0 Å². The molecule has 0 saturated heterocycles. The van der Waals surface area contributed by atoms with Gasteiger partial charge in [-0.2, -0.15) is 0 Å². The van der Waals surface area contributed by atoms with Gasteiger partial charge in [-0.3, -0.25) is 4.90 Å². The van der Waals surface area contributed by atoms with E-state index in [-0.39, 0.29) is 0 Å². The zero-order valence-electron chi connectivity index (χ0n) is 15.0. The maximum Gasteiger partial charge on any atom is 0.149 e. The summed E-state index contributed by atoms with van der Waals surface area (Å²) in [6, 6.07) is 31.0. The predicted molar refractivity (Wildman–Crippen MR) is 112 cm³/mol. The second kappa shape index (κ2) is 6.29. The van der Waals surface area contributed by atoms with Crippen LogP contribution in [0, 0.1) is 0 Å². The lowest BCUT2D eigenvalue weighted by atomic mass is 10.0. The molecule has 0 radical (unpaired) electrons. The van der Waals surface area contributed by atoms with E-state index in [0.717, 1.165) is 34.2 Å². The molecule has 0 saturated carbocycles. The van der Waals surface area contributed by atoms with E-state index in [4.69, 9.17) is 9.73 Å². The molecule has 27 heavy (non-hydrogen) atoms. The second-order valence-corrected chi connectivity index (χ2v) is 6.46. The van der Waals surface area contributed by atoms with Crippen molar-refractivity contribution in [2.24, 2.45) is 4.99 Å². The SMILES string of the molecule is COc1ccccc1C1=Nc2cccc3cccc(c23)N1c1ccccc1. The molecule has 4 aromatic rings. The van der Waals surface area contributed by atoms with Crippen LogP contribution in [0.2, 0.25) is 0 Å². The first kappa shape index (κ1) is 15.6. The van der Waals surface area contributed by atoms with Crippen molar-refractivity contribution in [2.45, 2.75) is 0 Å². The molecule has 1 heterocycles. The summed E-state index contributed by atoms with van der Waals surface area (Å²) in [4.78, 5) is 7.28. The van der Waals surface area contributed by atoms with Gasteiger partial charge in [-0.1, -0.05) is 54.6 Å². The molecule has 0 atom stereocenters. The van der Waals surface area contributed by atoms with E-state index in [0.29, 0.717) is 0 Å². The monoisotopic (exact) mass is 350 g/mol. The van der Waals surface area contributed by atoms with Crippen molar-refractivity contribution in [3.8, 4) is 5.75 Å². The molecule has 0 unspecified atom stereocenters. The van der Waals surface area contributed by atoms with Crippen molar-refractivity contribution in [2.75, 3.05) is 12.0 Å². The minimum atomic E-state index is 0.809. The molecule has 4 aromatic carbocycles. The van der Waals surface area contributed by atoms with Crippen LogP contribution < -0.4 is 9.64 Å². The minimum absolute atomic E-state index is 0.809. The molecule has 1 aliphatic rings. The van der Waals surface area contributed by atoms with Crippen LogP contribution >= 0.6 is 0 Å². The fraction of sp³-hybridized carbons (Fsp3) is 0.0417. The summed E-state index contributed by atoms with van der Waals surface area (Å²) in [5.74, 6) is 1.67. The third kappa shape index (κ3) is 2.48. The van der Waals surface area contributed by atoms with Gasteiger partial charge in [0.25, 0.3) is 0 Å². The van der Waals surface area contributed by atoms with Crippen molar-refractivity contribution < 1.29 is 4.74 Å². The third-order valence-corrected chi connectivity index (χ3v) is 4.90. The average Bonchev–Trinajstić information content (AvgIpc) is 2.74. The highest BCUT2D eigenvalue weighted by Crippen LogP contribution is 2.43. The Hall–Kier alpha value is -3.59. The average molecular weight is 350 g/mol. The molecule has 0 spiro atoms. The number of aliphatic imine (C=N–C) groups is 1. The van der Waals surface area contributed by atoms with Crippen LogP contribution in [0.25, 0.3) is 10.8 Å². The lowest BCUT2D eigenvalue weighted by Gasteiger charge is -2.32. The quantitative estimate of drug-likeness (QED) is 0.447. The van der Waals surface area contributed by atoms with E-state index in [1.807, 2.05) is 24.3 Å². The number of para-hydroxylation sites is 2. The van der Waals surface area contributed by atoms with Crippen molar-refractivity contribution in [1.82, 2.24) is 0 Å². The van der Waals surface area contributed by atoms with Crippen molar-refractivity contribution in [1.29, 1.82) is 0 Å². The van der Waals surface area contributed by atoms with Gasteiger partial charge in [-0.15, -0.1) is 0 Å². The largest absolute Gasteiger partial charge is 0.496 e. The zero-order chi connectivity index (χ0) is 18.2. The van der Waals surface area contributed by atoms with Crippen LogP contribution in [0.5, 0.6) is 5.75 Å². The number of ether oxygens (including phenoxy) is 1. The normalized spacial score (nSPS) is 12.8. The summed E-state index contributed by atoms with van der Waals surface area (Å²) in [5.41, 5.74) is 4.15. The van der Waals surface area contributed by atoms with E-state index in [1.54, 1.807) is 7.11 Å². The Labute approximate surface area is 158 Å². The Kier molecular flexibility index (Phi) is 3.65. The van der Waals surface area contributed by atoms with Gasteiger partial charge in [0.1, 0.15) is 11.6 Å². The van der Waals surface area contributed by atoms with Crippen LogP contribution in [0.4, 0.5) is 17.1 Å². The molecule has 0 amide bonds. The number of nitrogens with zero attached hydrogens (tertiary/aromatic N) is 2. The number of rotatable bonds is 3. The number of amidine groups is 1. The van der Waals surface area contributed by atoms with Crippen molar-refractivity contribution in [3.63, 3.8) is 0 Å². The predicted octanol–water partition coefficient (Wildman–Crippen LogP) is 6.08. The Morgan fingerprint density at radius 2 is 1.48 bits per heavy atom. The third-order valence-electron chi connectivity index (χ3n) is 4.90. The van der Waals surface area contributed by atoms with E-state index in [9.17, 15) is 0 Å². The van der Waals surface area contributed by atoms with Crippen LogP contribution in [-0.2, 0) is 0 Å². The second-order valence-electron chi connectivity index (χ2n) is 6.46. The summed E-state index contributed by atoms with van der Waals surface area (Å²) < 4.78 is 5.64. The van der Waals surface area contributed by atoms with Crippen LogP contribution in [0.3, 0.4) is 0 Å². The molecule has 0 fully saturated rings.